The first kappa shape index (κ1) is 21.1. The van der Waals surface area contributed by atoms with Gasteiger partial charge in [0.05, 0.1) is 16.3 Å². The molecule has 0 aliphatic carbocycles. The van der Waals surface area contributed by atoms with Crippen molar-refractivity contribution >= 4 is 43.2 Å². The lowest BCUT2D eigenvalue weighted by atomic mass is 10.2. The summed E-state index contributed by atoms with van der Waals surface area (Å²) in [5.41, 5.74) is 2.87. The van der Waals surface area contributed by atoms with Gasteiger partial charge >= 0.3 is 0 Å². The zero-order valence-corrected chi connectivity index (χ0v) is 18.5. The number of amides is 1. The van der Waals surface area contributed by atoms with Crippen molar-refractivity contribution in [1.82, 2.24) is 0 Å². The Kier molecular flexibility index (Phi) is 6.39. The van der Waals surface area contributed by atoms with Crippen LogP contribution in [0.3, 0.4) is 0 Å². The summed E-state index contributed by atoms with van der Waals surface area (Å²) in [6, 6.07) is 20.8. The molecule has 5 nitrogen and oxygen atoms in total. The van der Waals surface area contributed by atoms with Crippen molar-refractivity contribution in [3.8, 4) is 0 Å². The summed E-state index contributed by atoms with van der Waals surface area (Å²) < 4.78 is 28.5. The van der Waals surface area contributed by atoms with E-state index < -0.39 is 15.9 Å². The molecule has 0 bridgehead atoms. The number of nitrogens with zero attached hydrogens (tertiary/aromatic N) is 1. The molecule has 0 fully saturated rings. The smallest absolute Gasteiger partial charge is 0.264 e. The van der Waals surface area contributed by atoms with Gasteiger partial charge in [-0.2, -0.15) is 0 Å². The van der Waals surface area contributed by atoms with Crippen LogP contribution in [0.5, 0.6) is 0 Å². The standard InChI is InChI=1S/C22H21BrN2O3S/c1-16-10-12-19(13-11-16)29(27,28)25(18-7-5-6-17(2)14-18)15-22(26)24-21-9-4-3-8-20(21)23/h3-14H,15H2,1-2H3,(H,24,26). The maximum absolute atomic E-state index is 13.3. The highest BCUT2D eigenvalue weighted by Gasteiger charge is 2.27. The molecule has 3 aromatic carbocycles. The Morgan fingerprint density at radius 1 is 0.931 bits per heavy atom. The number of anilines is 2. The lowest BCUT2D eigenvalue weighted by Crippen LogP contribution is -2.38. The number of sulfonamides is 1. The highest BCUT2D eigenvalue weighted by molar-refractivity contribution is 9.10. The molecule has 0 atom stereocenters. The Balaban J connectivity index is 1.96. The van der Waals surface area contributed by atoms with Gasteiger partial charge in [0.1, 0.15) is 6.54 Å². The maximum atomic E-state index is 13.3. The van der Waals surface area contributed by atoms with E-state index in [1.165, 1.54) is 0 Å². The van der Waals surface area contributed by atoms with E-state index in [1.807, 2.05) is 26.0 Å². The summed E-state index contributed by atoms with van der Waals surface area (Å²) >= 11 is 3.38. The number of benzene rings is 3. The van der Waals surface area contributed by atoms with E-state index in [9.17, 15) is 13.2 Å². The van der Waals surface area contributed by atoms with Crippen LogP contribution in [-0.2, 0) is 14.8 Å². The maximum Gasteiger partial charge on any atom is 0.264 e. The Labute approximate surface area is 179 Å². The molecule has 1 amide bonds. The monoisotopic (exact) mass is 472 g/mol. The molecule has 1 N–H and O–H groups in total. The van der Waals surface area contributed by atoms with Crippen molar-refractivity contribution in [3.05, 3.63) is 88.4 Å². The van der Waals surface area contributed by atoms with Gasteiger partial charge in [0.2, 0.25) is 5.91 Å². The number of hydrogen-bond donors (Lipinski definition) is 1. The normalized spacial score (nSPS) is 11.1. The van der Waals surface area contributed by atoms with Gasteiger partial charge in [0.25, 0.3) is 10.0 Å². The number of aryl methyl sites for hydroxylation is 2. The lowest BCUT2D eigenvalue weighted by Gasteiger charge is -2.24. The number of hydrogen-bond acceptors (Lipinski definition) is 3. The molecule has 0 spiro atoms. The molecule has 0 heterocycles. The molecular weight excluding hydrogens is 452 g/mol. The Hall–Kier alpha value is -2.64. The molecule has 29 heavy (non-hydrogen) atoms. The zero-order valence-electron chi connectivity index (χ0n) is 16.1. The van der Waals surface area contributed by atoms with Gasteiger partial charge in [0, 0.05) is 4.47 Å². The number of halogens is 1. The largest absolute Gasteiger partial charge is 0.323 e. The van der Waals surface area contributed by atoms with Crippen LogP contribution in [0.15, 0.2) is 82.2 Å². The summed E-state index contributed by atoms with van der Waals surface area (Å²) in [5, 5.41) is 2.77. The summed E-state index contributed by atoms with van der Waals surface area (Å²) in [5.74, 6) is -0.436. The number of rotatable bonds is 6. The van der Waals surface area contributed by atoms with E-state index in [0.717, 1.165) is 19.9 Å². The summed E-state index contributed by atoms with van der Waals surface area (Å²) in [7, 11) is -3.92. The topological polar surface area (TPSA) is 66.5 Å². The van der Waals surface area contributed by atoms with Crippen molar-refractivity contribution < 1.29 is 13.2 Å². The lowest BCUT2D eigenvalue weighted by molar-refractivity contribution is -0.114. The van der Waals surface area contributed by atoms with Gasteiger partial charge < -0.3 is 5.32 Å². The first-order valence-corrected chi connectivity index (χ1v) is 11.2. The van der Waals surface area contributed by atoms with E-state index in [2.05, 4.69) is 21.2 Å². The van der Waals surface area contributed by atoms with Crippen LogP contribution in [0.2, 0.25) is 0 Å². The van der Waals surface area contributed by atoms with Crippen LogP contribution in [0, 0.1) is 13.8 Å². The second kappa shape index (κ2) is 8.80. The number of para-hydroxylation sites is 1. The predicted molar refractivity (Wildman–Crippen MR) is 120 cm³/mol. The molecule has 0 saturated heterocycles. The minimum Gasteiger partial charge on any atom is -0.323 e. The van der Waals surface area contributed by atoms with Crippen molar-refractivity contribution in [1.29, 1.82) is 0 Å². The van der Waals surface area contributed by atoms with E-state index in [0.29, 0.717) is 11.4 Å². The van der Waals surface area contributed by atoms with E-state index in [-0.39, 0.29) is 11.4 Å². The second-order valence-corrected chi connectivity index (χ2v) is 9.41. The third-order valence-corrected chi connectivity index (χ3v) is 6.81. The molecule has 0 aromatic heterocycles. The first-order valence-electron chi connectivity index (χ1n) is 8.98. The van der Waals surface area contributed by atoms with E-state index in [1.54, 1.807) is 60.7 Å². The molecule has 0 radical (unpaired) electrons. The van der Waals surface area contributed by atoms with E-state index in [4.69, 9.17) is 0 Å². The predicted octanol–water partition coefficient (Wildman–Crippen LogP) is 4.90. The van der Waals surface area contributed by atoms with Crippen molar-refractivity contribution in [3.63, 3.8) is 0 Å². The molecule has 0 aliphatic rings. The number of carbonyl (C=O) groups excluding carboxylic acids is 1. The van der Waals surface area contributed by atoms with E-state index >= 15 is 0 Å². The Morgan fingerprint density at radius 2 is 1.62 bits per heavy atom. The molecule has 3 aromatic rings. The summed E-state index contributed by atoms with van der Waals surface area (Å²) in [6.07, 6.45) is 0. The fraction of sp³-hybridized carbons (Fsp3) is 0.136. The van der Waals surface area contributed by atoms with Crippen LogP contribution in [0.1, 0.15) is 11.1 Å². The summed E-state index contributed by atoms with van der Waals surface area (Å²) in [4.78, 5) is 12.9. The van der Waals surface area contributed by atoms with Crippen LogP contribution in [-0.4, -0.2) is 20.9 Å². The minimum atomic E-state index is -3.92. The van der Waals surface area contributed by atoms with Crippen molar-refractivity contribution in [2.75, 3.05) is 16.2 Å². The van der Waals surface area contributed by atoms with Crippen LogP contribution in [0.25, 0.3) is 0 Å². The average molecular weight is 473 g/mol. The van der Waals surface area contributed by atoms with Crippen LogP contribution in [0.4, 0.5) is 11.4 Å². The van der Waals surface area contributed by atoms with Gasteiger partial charge in [-0.3, -0.25) is 9.10 Å². The molecule has 7 heteroatoms. The minimum absolute atomic E-state index is 0.137. The van der Waals surface area contributed by atoms with Gasteiger partial charge in [-0.1, -0.05) is 42.0 Å². The summed E-state index contributed by atoms with van der Waals surface area (Å²) in [6.45, 7) is 3.42. The third-order valence-electron chi connectivity index (χ3n) is 4.33. The van der Waals surface area contributed by atoms with Gasteiger partial charge in [-0.05, 0) is 71.7 Å². The highest BCUT2D eigenvalue weighted by Crippen LogP contribution is 2.26. The Bertz CT molecular complexity index is 1130. The fourth-order valence-electron chi connectivity index (χ4n) is 2.82. The number of nitrogens with one attached hydrogen (secondary N) is 1. The van der Waals surface area contributed by atoms with Crippen LogP contribution >= 0.6 is 15.9 Å². The SMILES string of the molecule is Cc1ccc(S(=O)(=O)N(CC(=O)Nc2ccccc2Br)c2cccc(C)c2)cc1. The Morgan fingerprint density at radius 3 is 2.28 bits per heavy atom. The molecule has 3 rings (SSSR count). The molecular formula is C22H21BrN2O3S. The molecule has 0 aliphatic heterocycles. The molecule has 0 saturated carbocycles. The average Bonchev–Trinajstić information content (AvgIpc) is 2.68. The first-order chi connectivity index (χ1) is 13.8. The quantitative estimate of drug-likeness (QED) is 0.554. The van der Waals surface area contributed by atoms with Crippen molar-refractivity contribution in [2.24, 2.45) is 0 Å². The van der Waals surface area contributed by atoms with Crippen LogP contribution < -0.4 is 9.62 Å². The van der Waals surface area contributed by atoms with Crippen molar-refractivity contribution in [2.45, 2.75) is 18.7 Å². The fourth-order valence-corrected chi connectivity index (χ4v) is 4.62. The van der Waals surface area contributed by atoms with Gasteiger partial charge in [-0.25, -0.2) is 8.42 Å². The zero-order chi connectivity index (χ0) is 21.0. The molecule has 150 valence electrons. The molecule has 0 unspecified atom stereocenters. The number of carbonyl (C=O) groups is 1. The third kappa shape index (κ3) is 5.05. The van der Waals surface area contributed by atoms with Gasteiger partial charge in [-0.15, -0.1) is 0 Å². The second-order valence-electron chi connectivity index (χ2n) is 6.69. The van der Waals surface area contributed by atoms with Gasteiger partial charge in [0.15, 0.2) is 0 Å². The highest BCUT2D eigenvalue weighted by atomic mass is 79.9.